The number of ether oxygens (including phenoxy) is 2. The van der Waals surface area contributed by atoms with Crippen LogP contribution in [0.4, 0.5) is 4.79 Å². The maximum atomic E-state index is 12.8. The number of nitrogens with one attached hydrogen (secondary N) is 2. The molecule has 2 atom stereocenters. The van der Waals surface area contributed by atoms with Crippen LogP contribution >= 0.6 is 0 Å². The van der Waals surface area contributed by atoms with Gasteiger partial charge in [-0.15, -0.1) is 0 Å². The summed E-state index contributed by atoms with van der Waals surface area (Å²) in [6.45, 7) is 4.98. The minimum atomic E-state index is -1.40. The Labute approximate surface area is 231 Å². The van der Waals surface area contributed by atoms with E-state index in [2.05, 4.69) is 10.6 Å². The molecule has 0 saturated carbocycles. The van der Waals surface area contributed by atoms with Crippen LogP contribution in [0.2, 0.25) is 0 Å². The van der Waals surface area contributed by atoms with Gasteiger partial charge in [0.2, 0.25) is 5.91 Å². The van der Waals surface area contributed by atoms with E-state index in [0.29, 0.717) is 0 Å². The van der Waals surface area contributed by atoms with Crippen molar-refractivity contribution in [2.75, 3.05) is 6.61 Å². The third-order valence-corrected chi connectivity index (χ3v) is 6.27. The van der Waals surface area contributed by atoms with Crippen LogP contribution in [0.1, 0.15) is 63.5 Å². The molecule has 0 fully saturated rings. The summed E-state index contributed by atoms with van der Waals surface area (Å²) in [5, 5.41) is 22.8. The highest BCUT2D eigenvalue weighted by molar-refractivity contribution is 5.86. The number of alkyl carbamates (subject to hydrolysis) is 1. The van der Waals surface area contributed by atoms with Gasteiger partial charge >= 0.3 is 24.0 Å². The molecule has 214 valence electrons. The number of carboxylic acid groups (broad SMARTS) is 2. The van der Waals surface area contributed by atoms with Gasteiger partial charge in [0.05, 0.1) is 0 Å². The second kappa shape index (κ2) is 13.1. The van der Waals surface area contributed by atoms with Gasteiger partial charge in [-0.25, -0.2) is 14.4 Å². The quantitative estimate of drug-likeness (QED) is 0.287. The Bertz CT molecular complexity index is 1220. The van der Waals surface area contributed by atoms with E-state index in [4.69, 9.17) is 14.6 Å². The summed E-state index contributed by atoms with van der Waals surface area (Å²) in [5.41, 5.74) is 3.30. The molecule has 4 N–H and O–H groups in total. The number of amides is 2. The van der Waals surface area contributed by atoms with Crippen molar-refractivity contribution < 1.29 is 43.7 Å². The Morgan fingerprint density at radius 3 is 1.90 bits per heavy atom. The first-order valence-electron chi connectivity index (χ1n) is 12.9. The maximum absolute atomic E-state index is 12.8. The van der Waals surface area contributed by atoms with E-state index in [-0.39, 0.29) is 31.8 Å². The summed E-state index contributed by atoms with van der Waals surface area (Å²) in [6, 6.07) is 13.0. The van der Waals surface area contributed by atoms with Gasteiger partial charge in [-0.3, -0.25) is 9.59 Å². The van der Waals surface area contributed by atoms with Crippen molar-refractivity contribution in [3.63, 3.8) is 0 Å². The lowest BCUT2D eigenvalue weighted by Crippen LogP contribution is -2.46. The third kappa shape index (κ3) is 8.29. The second-order valence-corrected chi connectivity index (χ2v) is 10.5. The first kappa shape index (κ1) is 30.1. The van der Waals surface area contributed by atoms with E-state index in [9.17, 15) is 29.1 Å². The van der Waals surface area contributed by atoms with Gasteiger partial charge in [0, 0.05) is 18.8 Å². The molecule has 0 aromatic heterocycles. The lowest BCUT2D eigenvalue weighted by Gasteiger charge is -2.25. The maximum Gasteiger partial charge on any atom is 0.407 e. The Balaban J connectivity index is 1.64. The summed E-state index contributed by atoms with van der Waals surface area (Å²) < 4.78 is 10.9. The van der Waals surface area contributed by atoms with Gasteiger partial charge in [-0.1, -0.05) is 48.5 Å². The van der Waals surface area contributed by atoms with Gasteiger partial charge in [-0.2, -0.15) is 0 Å². The Kier molecular flexibility index (Phi) is 9.87. The molecule has 1 aliphatic rings. The Morgan fingerprint density at radius 2 is 1.38 bits per heavy atom. The third-order valence-electron chi connectivity index (χ3n) is 6.27. The summed E-state index contributed by atoms with van der Waals surface area (Å²) in [4.78, 5) is 60.2. The first-order valence-corrected chi connectivity index (χ1v) is 12.9. The summed E-state index contributed by atoms with van der Waals surface area (Å²) >= 11 is 0. The standard InChI is InChI=1S/C29H34N2O9/c1-29(2,3)40-27(37)23(12-14-24(32)30-22(26(35)36)13-15-25(33)34)31-28(38)39-16-21-19-10-6-4-8-17(19)18-9-5-7-11-20(18)21/h4-11,21-23H,12-16H2,1-3H3,(H,30,32)(H,31,38)(H,33,34)(H,35,36)/t22-,23-/m0/s1. The number of aliphatic carboxylic acids is 2. The number of hydrogen-bond acceptors (Lipinski definition) is 7. The number of esters is 1. The molecule has 3 rings (SSSR count). The molecular weight excluding hydrogens is 520 g/mol. The Morgan fingerprint density at radius 1 is 0.825 bits per heavy atom. The fraction of sp³-hybridized carbons (Fsp3) is 0.414. The molecule has 0 bridgehead atoms. The first-order chi connectivity index (χ1) is 18.9. The normalized spacial score (nSPS) is 13.8. The minimum Gasteiger partial charge on any atom is -0.481 e. The fourth-order valence-electron chi connectivity index (χ4n) is 4.47. The van der Waals surface area contributed by atoms with Crippen molar-refractivity contribution in [2.24, 2.45) is 0 Å². The van der Waals surface area contributed by atoms with Crippen LogP contribution in [0.25, 0.3) is 11.1 Å². The van der Waals surface area contributed by atoms with E-state index in [1.54, 1.807) is 20.8 Å². The van der Waals surface area contributed by atoms with Crippen molar-refractivity contribution in [3.8, 4) is 11.1 Å². The topological polar surface area (TPSA) is 168 Å². The molecule has 0 radical (unpaired) electrons. The number of benzene rings is 2. The van der Waals surface area contributed by atoms with Crippen molar-refractivity contribution >= 4 is 29.9 Å². The monoisotopic (exact) mass is 554 g/mol. The summed E-state index contributed by atoms with van der Waals surface area (Å²) in [7, 11) is 0. The lowest BCUT2D eigenvalue weighted by molar-refractivity contribution is -0.157. The SMILES string of the molecule is CC(C)(C)OC(=O)[C@H](CCC(=O)N[C@@H](CCC(=O)O)C(=O)O)NC(=O)OCC1c2ccccc2-c2ccccc21. The van der Waals surface area contributed by atoms with E-state index < -0.39 is 54.0 Å². The predicted octanol–water partition coefficient (Wildman–Crippen LogP) is 3.45. The average molecular weight is 555 g/mol. The van der Waals surface area contributed by atoms with Crippen molar-refractivity contribution in [1.82, 2.24) is 10.6 Å². The summed E-state index contributed by atoms with van der Waals surface area (Å²) in [5.74, 6) is -4.27. The van der Waals surface area contributed by atoms with Crippen LogP contribution in [0.5, 0.6) is 0 Å². The van der Waals surface area contributed by atoms with Crippen molar-refractivity contribution in [3.05, 3.63) is 59.7 Å². The molecule has 2 aromatic rings. The summed E-state index contributed by atoms with van der Waals surface area (Å²) in [6.07, 6.45) is -2.14. The fourth-order valence-corrected chi connectivity index (χ4v) is 4.47. The number of carbonyl (C=O) groups excluding carboxylic acids is 3. The highest BCUT2D eigenvalue weighted by Crippen LogP contribution is 2.44. The van der Waals surface area contributed by atoms with Gasteiger partial charge in [0.25, 0.3) is 0 Å². The Hall–Kier alpha value is -4.41. The van der Waals surface area contributed by atoms with E-state index in [0.717, 1.165) is 22.3 Å². The zero-order valence-electron chi connectivity index (χ0n) is 22.6. The second-order valence-electron chi connectivity index (χ2n) is 10.5. The van der Waals surface area contributed by atoms with Crippen LogP contribution in [-0.4, -0.2) is 64.4 Å². The molecule has 11 heteroatoms. The zero-order chi connectivity index (χ0) is 29.4. The molecule has 0 heterocycles. The van der Waals surface area contributed by atoms with Crippen molar-refractivity contribution in [2.45, 2.75) is 70.1 Å². The molecule has 0 aliphatic heterocycles. The predicted molar refractivity (Wildman–Crippen MR) is 144 cm³/mol. The molecule has 11 nitrogen and oxygen atoms in total. The van der Waals surface area contributed by atoms with Crippen LogP contribution in [-0.2, 0) is 28.7 Å². The number of carbonyl (C=O) groups is 5. The highest BCUT2D eigenvalue weighted by Gasteiger charge is 2.31. The average Bonchev–Trinajstić information content (AvgIpc) is 3.20. The largest absolute Gasteiger partial charge is 0.481 e. The van der Waals surface area contributed by atoms with Crippen LogP contribution < -0.4 is 10.6 Å². The van der Waals surface area contributed by atoms with Crippen LogP contribution in [0, 0.1) is 0 Å². The molecule has 2 amide bonds. The van der Waals surface area contributed by atoms with Crippen LogP contribution in [0.15, 0.2) is 48.5 Å². The van der Waals surface area contributed by atoms with Gasteiger partial charge in [0.1, 0.15) is 24.3 Å². The lowest BCUT2D eigenvalue weighted by atomic mass is 9.98. The molecule has 0 unspecified atom stereocenters. The molecule has 1 aliphatic carbocycles. The van der Waals surface area contributed by atoms with Gasteiger partial charge in [0.15, 0.2) is 0 Å². The molecular formula is C29H34N2O9. The molecule has 40 heavy (non-hydrogen) atoms. The zero-order valence-corrected chi connectivity index (χ0v) is 22.6. The number of fused-ring (bicyclic) bond motifs is 3. The van der Waals surface area contributed by atoms with Crippen LogP contribution in [0.3, 0.4) is 0 Å². The number of rotatable bonds is 12. The van der Waals surface area contributed by atoms with E-state index in [1.165, 1.54) is 0 Å². The molecule has 0 spiro atoms. The minimum absolute atomic E-state index is 0.0191. The smallest absolute Gasteiger partial charge is 0.407 e. The highest BCUT2D eigenvalue weighted by atomic mass is 16.6. The molecule has 0 saturated heterocycles. The van der Waals surface area contributed by atoms with E-state index >= 15 is 0 Å². The van der Waals surface area contributed by atoms with Gasteiger partial charge in [-0.05, 0) is 55.9 Å². The van der Waals surface area contributed by atoms with Crippen molar-refractivity contribution in [1.29, 1.82) is 0 Å². The van der Waals surface area contributed by atoms with Gasteiger partial charge < -0.3 is 30.3 Å². The number of carboxylic acids is 2. The number of hydrogen-bond donors (Lipinski definition) is 4. The molecule has 2 aromatic carbocycles. The van der Waals surface area contributed by atoms with E-state index in [1.807, 2.05) is 48.5 Å².